The van der Waals surface area contributed by atoms with E-state index in [2.05, 4.69) is 25.2 Å². The van der Waals surface area contributed by atoms with E-state index >= 15 is 0 Å². The number of nitrogens with one attached hydrogen (secondary N) is 1. The van der Waals surface area contributed by atoms with E-state index in [9.17, 15) is 4.79 Å². The van der Waals surface area contributed by atoms with Crippen LogP contribution in [0.5, 0.6) is 5.75 Å². The van der Waals surface area contributed by atoms with Crippen molar-refractivity contribution in [2.45, 2.75) is 58.5 Å². The van der Waals surface area contributed by atoms with Gasteiger partial charge in [-0.1, -0.05) is 0 Å². The van der Waals surface area contributed by atoms with Crippen molar-refractivity contribution in [3.05, 3.63) is 34.3 Å². The van der Waals surface area contributed by atoms with E-state index in [1.807, 2.05) is 27.0 Å². The van der Waals surface area contributed by atoms with Gasteiger partial charge < -0.3 is 20.7 Å². The quantitative estimate of drug-likeness (QED) is 0.770. The molecule has 154 valence electrons. The molecule has 0 spiro atoms. The Balaban J connectivity index is 1.62. The van der Waals surface area contributed by atoms with Crippen LogP contribution >= 0.6 is 0 Å². The van der Waals surface area contributed by atoms with Gasteiger partial charge in [0.2, 0.25) is 11.9 Å². The first kappa shape index (κ1) is 19.4. The van der Waals surface area contributed by atoms with Crippen LogP contribution in [0.25, 0.3) is 0 Å². The van der Waals surface area contributed by atoms with Crippen LogP contribution in [0.3, 0.4) is 0 Å². The zero-order chi connectivity index (χ0) is 20.7. The van der Waals surface area contributed by atoms with Gasteiger partial charge in [0.05, 0.1) is 19.3 Å². The number of ether oxygens (including phenoxy) is 1. The lowest BCUT2D eigenvalue weighted by atomic mass is 9.97. The number of amides is 1. The Labute approximate surface area is 170 Å². The van der Waals surface area contributed by atoms with Crippen molar-refractivity contribution in [3.63, 3.8) is 0 Å². The molecule has 0 bridgehead atoms. The molecular weight excluding hydrogens is 368 g/mol. The number of aromatic nitrogens is 3. The summed E-state index contributed by atoms with van der Waals surface area (Å²) in [6.07, 6.45) is 4.42. The largest absolute Gasteiger partial charge is 0.496 e. The third kappa shape index (κ3) is 3.83. The lowest BCUT2D eigenvalue weighted by Gasteiger charge is -2.21. The van der Waals surface area contributed by atoms with Crippen LogP contribution < -0.4 is 20.7 Å². The molecule has 1 atom stereocenters. The Bertz CT molecular complexity index is 957. The number of nitrogen functional groups attached to an aromatic ring is 1. The third-order valence-corrected chi connectivity index (χ3v) is 5.75. The van der Waals surface area contributed by atoms with E-state index in [1.54, 1.807) is 7.11 Å². The van der Waals surface area contributed by atoms with Gasteiger partial charge in [0.25, 0.3) is 0 Å². The number of pyridine rings is 1. The van der Waals surface area contributed by atoms with Gasteiger partial charge >= 0.3 is 0 Å². The van der Waals surface area contributed by atoms with E-state index in [0.717, 1.165) is 52.5 Å². The zero-order valence-electron chi connectivity index (χ0n) is 17.5. The Morgan fingerprint density at radius 3 is 2.76 bits per heavy atom. The molecule has 4 rings (SSSR count). The Kier molecular flexibility index (Phi) is 5.02. The Hall–Kier alpha value is -2.90. The number of carbonyl (C=O) groups excluding carboxylic acids is 1. The highest BCUT2D eigenvalue weighted by Gasteiger charge is 2.35. The molecule has 1 amide bonds. The molecule has 0 radical (unpaired) electrons. The van der Waals surface area contributed by atoms with Crippen LogP contribution in [-0.4, -0.2) is 40.6 Å². The second-order valence-corrected chi connectivity index (χ2v) is 8.07. The molecule has 0 saturated heterocycles. The minimum absolute atomic E-state index is 0.0389. The molecule has 29 heavy (non-hydrogen) atoms. The maximum Gasteiger partial charge on any atom is 0.222 e. The molecule has 1 aliphatic heterocycles. The molecule has 2 aliphatic rings. The molecule has 8 heteroatoms. The van der Waals surface area contributed by atoms with Gasteiger partial charge in [-0.3, -0.25) is 9.78 Å². The summed E-state index contributed by atoms with van der Waals surface area (Å²) in [4.78, 5) is 28.1. The van der Waals surface area contributed by atoms with Crippen molar-refractivity contribution in [2.24, 2.45) is 0 Å². The van der Waals surface area contributed by atoms with Gasteiger partial charge in [0, 0.05) is 53.5 Å². The molecule has 3 N–H and O–H groups in total. The van der Waals surface area contributed by atoms with Gasteiger partial charge in [-0.05, 0) is 33.6 Å². The number of fused-ring (bicyclic) bond motifs is 1. The smallest absolute Gasteiger partial charge is 0.222 e. The number of methoxy groups -OCH3 is 1. The predicted octanol–water partition coefficient (Wildman–Crippen LogP) is 2.16. The standard InChI is InChI=1S/C21H28N6O2/c1-11-8-23-16(12(2)19(11)29-4)10-27-9-14(7-17(28)25-15-5-6-15)18-13(3)24-21(22)26-20(18)27/h8,14-15H,5-7,9-10H2,1-4H3,(H,25,28)(H2,22,24,26). The van der Waals surface area contributed by atoms with Crippen molar-refractivity contribution < 1.29 is 9.53 Å². The highest BCUT2D eigenvalue weighted by molar-refractivity contribution is 5.78. The highest BCUT2D eigenvalue weighted by atomic mass is 16.5. The first-order valence-corrected chi connectivity index (χ1v) is 10.0. The summed E-state index contributed by atoms with van der Waals surface area (Å²) in [5.41, 5.74) is 10.7. The molecule has 2 aromatic rings. The molecule has 2 aromatic heterocycles. The zero-order valence-corrected chi connectivity index (χ0v) is 17.5. The van der Waals surface area contributed by atoms with Crippen molar-refractivity contribution in [3.8, 4) is 5.75 Å². The number of rotatable bonds is 6. The number of anilines is 2. The Morgan fingerprint density at radius 2 is 2.07 bits per heavy atom. The van der Waals surface area contributed by atoms with Gasteiger partial charge in [-0.2, -0.15) is 4.98 Å². The molecule has 1 fully saturated rings. The predicted molar refractivity (Wildman–Crippen MR) is 111 cm³/mol. The van der Waals surface area contributed by atoms with Crippen LogP contribution in [-0.2, 0) is 11.3 Å². The van der Waals surface area contributed by atoms with Crippen LogP contribution in [0.2, 0.25) is 0 Å². The first-order valence-electron chi connectivity index (χ1n) is 10.0. The number of nitrogens with two attached hydrogens (primary N) is 1. The molecule has 1 aliphatic carbocycles. The Morgan fingerprint density at radius 1 is 1.31 bits per heavy atom. The summed E-state index contributed by atoms with van der Waals surface area (Å²) in [6, 6.07) is 0.357. The van der Waals surface area contributed by atoms with Crippen LogP contribution in [0.4, 0.5) is 11.8 Å². The second kappa shape index (κ2) is 7.50. The third-order valence-electron chi connectivity index (χ3n) is 5.75. The SMILES string of the molecule is COc1c(C)cnc(CN2CC(CC(=O)NC3CC3)c3c(C)nc(N)nc32)c1C. The number of aryl methyl sites for hydroxylation is 2. The van der Waals surface area contributed by atoms with Crippen molar-refractivity contribution in [1.82, 2.24) is 20.3 Å². The molecule has 1 unspecified atom stereocenters. The van der Waals surface area contributed by atoms with E-state index < -0.39 is 0 Å². The van der Waals surface area contributed by atoms with Crippen molar-refractivity contribution >= 4 is 17.7 Å². The molecule has 3 heterocycles. The van der Waals surface area contributed by atoms with Crippen LogP contribution in [0.15, 0.2) is 6.20 Å². The fourth-order valence-corrected chi connectivity index (χ4v) is 4.21. The fraction of sp³-hybridized carbons (Fsp3) is 0.524. The van der Waals surface area contributed by atoms with Crippen LogP contribution in [0, 0.1) is 20.8 Å². The minimum Gasteiger partial charge on any atom is -0.496 e. The van der Waals surface area contributed by atoms with Gasteiger partial charge in [0.1, 0.15) is 11.6 Å². The molecule has 0 aromatic carbocycles. The number of nitrogens with zero attached hydrogens (tertiary/aromatic N) is 4. The fourth-order valence-electron chi connectivity index (χ4n) is 4.21. The maximum atomic E-state index is 12.5. The molecule has 8 nitrogen and oxygen atoms in total. The summed E-state index contributed by atoms with van der Waals surface area (Å²) in [7, 11) is 1.68. The second-order valence-electron chi connectivity index (χ2n) is 8.07. The summed E-state index contributed by atoms with van der Waals surface area (Å²) >= 11 is 0. The summed E-state index contributed by atoms with van der Waals surface area (Å²) in [5, 5.41) is 3.09. The van der Waals surface area contributed by atoms with Gasteiger partial charge in [0.15, 0.2) is 0 Å². The average molecular weight is 396 g/mol. The summed E-state index contributed by atoms with van der Waals surface area (Å²) in [5.74, 6) is 2.04. The van der Waals surface area contributed by atoms with E-state index in [-0.39, 0.29) is 17.8 Å². The number of hydrogen-bond donors (Lipinski definition) is 2. The lowest BCUT2D eigenvalue weighted by Crippen LogP contribution is -2.29. The van der Waals surface area contributed by atoms with Gasteiger partial charge in [-0.15, -0.1) is 0 Å². The van der Waals surface area contributed by atoms with E-state index in [0.29, 0.717) is 25.6 Å². The van der Waals surface area contributed by atoms with Gasteiger partial charge in [-0.25, -0.2) is 4.98 Å². The van der Waals surface area contributed by atoms with Crippen molar-refractivity contribution in [2.75, 3.05) is 24.3 Å². The van der Waals surface area contributed by atoms with E-state index in [1.165, 1.54) is 0 Å². The van der Waals surface area contributed by atoms with E-state index in [4.69, 9.17) is 10.5 Å². The average Bonchev–Trinajstić information content (AvgIpc) is 3.40. The summed E-state index contributed by atoms with van der Waals surface area (Å²) in [6.45, 7) is 7.20. The summed E-state index contributed by atoms with van der Waals surface area (Å²) < 4.78 is 5.55. The number of carbonyl (C=O) groups is 1. The minimum atomic E-state index is 0.0389. The highest BCUT2D eigenvalue weighted by Crippen LogP contribution is 2.40. The van der Waals surface area contributed by atoms with Crippen LogP contribution in [0.1, 0.15) is 53.3 Å². The topological polar surface area (TPSA) is 106 Å². The number of hydrogen-bond acceptors (Lipinski definition) is 7. The maximum absolute atomic E-state index is 12.5. The van der Waals surface area contributed by atoms with Crippen molar-refractivity contribution in [1.29, 1.82) is 0 Å². The monoisotopic (exact) mass is 396 g/mol. The molecular formula is C21H28N6O2. The normalized spacial score (nSPS) is 17.9. The lowest BCUT2D eigenvalue weighted by molar-refractivity contribution is -0.121. The molecule has 1 saturated carbocycles. The first-order chi connectivity index (χ1) is 13.9.